The van der Waals surface area contributed by atoms with Gasteiger partial charge in [0.15, 0.2) is 0 Å². The van der Waals surface area contributed by atoms with Crippen LogP contribution in [0.25, 0.3) is 0 Å². The number of aliphatic carboxylic acids is 1. The Morgan fingerprint density at radius 2 is 1.70 bits per heavy atom. The molecule has 2 atom stereocenters. The maximum absolute atomic E-state index is 12.5. The van der Waals surface area contributed by atoms with Gasteiger partial charge in [-0.3, -0.25) is 4.79 Å². The van der Waals surface area contributed by atoms with E-state index in [0.29, 0.717) is 12.5 Å². The van der Waals surface area contributed by atoms with Crippen LogP contribution in [0.4, 0.5) is 24.8 Å². The normalized spacial score (nSPS) is 21.0. The predicted octanol–water partition coefficient (Wildman–Crippen LogP) is 3.19. The quantitative estimate of drug-likeness (QED) is 0.800. The molecule has 2 aromatic rings. The van der Waals surface area contributed by atoms with Crippen LogP contribution < -0.4 is 9.80 Å². The molecule has 1 aromatic carbocycles. The van der Waals surface area contributed by atoms with Crippen molar-refractivity contribution in [3.63, 3.8) is 0 Å². The van der Waals surface area contributed by atoms with E-state index in [-0.39, 0.29) is 11.9 Å². The third-order valence-electron chi connectivity index (χ3n) is 5.07. The fourth-order valence-electron chi connectivity index (χ4n) is 3.77. The lowest BCUT2D eigenvalue weighted by molar-refractivity contribution is -0.192. The van der Waals surface area contributed by atoms with Gasteiger partial charge in [0.25, 0.3) is 0 Å². The number of amides is 1. The number of hydrogen-bond acceptors (Lipinski definition) is 5. The average Bonchev–Trinajstić information content (AvgIpc) is 3.13. The van der Waals surface area contributed by atoms with Gasteiger partial charge in [-0.1, -0.05) is 18.2 Å². The first-order chi connectivity index (χ1) is 14.2. The van der Waals surface area contributed by atoms with Gasteiger partial charge in [-0.15, -0.1) is 0 Å². The number of fused-ring (bicyclic) bond motifs is 1. The highest BCUT2D eigenvalue weighted by molar-refractivity contribution is 5.95. The topological polar surface area (TPSA) is 86.6 Å². The summed E-state index contributed by atoms with van der Waals surface area (Å²) in [6.45, 7) is 2.89. The molecule has 0 aliphatic carbocycles. The van der Waals surface area contributed by atoms with Crippen molar-refractivity contribution < 1.29 is 27.9 Å². The summed E-state index contributed by atoms with van der Waals surface area (Å²) < 4.78 is 31.7. The first kappa shape index (κ1) is 21.5. The zero-order valence-electron chi connectivity index (χ0n) is 16.2. The Bertz CT molecular complexity index is 890. The molecule has 0 radical (unpaired) electrons. The van der Waals surface area contributed by atoms with Crippen molar-refractivity contribution in [2.24, 2.45) is 0 Å². The van der Waals surface area contributed by atoms with E-state index in [1.165, 1.54) is 0 Å². The first-order valence-corrected chi connectivity index (χ1v) is 9.41. The van der Waals surface area contributed by atoms with E-state index in [1.807, 2.05) is 54.5 Å². The van der Waals surface area contributed by atoms with Crippen LogP contribution in [-0.2, 0) is 9.59 Å². The number of nitrogens with zero attached hydrogens (tertiary/aromatic N) is 4. The summed E-state index contributed by atoms with van der Waals surface area (Å²) in [5, 5.41) is 7.12. The van der Waals surface area contributed by atoms with E-state index < -0.39 is 12.1 Å². The summed E-state index contributed by atoms with van der Waals surface area (Å²) in [7, 11) is 0. The summed E-state index contributed by atoms with van der Waals surface area (Å²) in [5.74, 6) is -1.75. The largest absolute Gasteiger partial charge is 0.490 e. The molecular weight excluding hydrogens is 401 g/mol. The summed E-state index contributed by atoms with van der Waals surface area (Å²) in [5.41, 5.74) is 2.06. The number of aryl methyl sites for hydroxylation is 1. The highest BCUT2D eigenvalue weighted by atomic mass is 19.4. The number of para-hydroxylation sites is 1. The molecule has 30 heavy (non-hydrogen) atoms. The lowest BCUT2D eigenvalue weighted by Gasteiger charge is -2.39. The second-order valence-corrected chi connectivity index (χ2v) is 7.12. The third kappa shape index (κ3) is 4.69. The smallest absolute Gasteiger partial charge is 0.475 e. The van der Waals surface area contributed by atoms with Gasteiger partial charge in [0.05, 0.1) is 12.1 Å². The molecule has 0 saturated carbocycles. The van der Waals surface area contributed by atoms with E-state index in [1.54, 1.807) is 0 Å². The van der Waals surface area contributed by atoms with Gasteiger partial charge in [0.2, 0.25) is 11.9 Å². The molecule has 1 aromatic heterocycles. The minimum Gasteiger partial charge on any atom is -0.475 e. The number of halogens is 3. The lowest BCUT2D eigenvalue weighted by atomic mass is 9.95. The molecule has 10 heteroatoms. The Labute approximate surface area is 171 Å². The summed E-state index contributed by atoms with van der Waals surface area (Å²) in [6.07, 6.45) is 1.06. The number of carbonyl (C=O) groups is 2. The summed E-state index contributed by atoms with van der Waals surface area (Å²) >= 11 is 0. The molecule has 2 fully saturated rings. The number of piperidine rings is 1. The van der Waals surface area contributed by atoms with E-state index in [9.17, 15) is 18.0 Å². The number of anilines is 2. The molecule has 3 heterocycles. The summed E-state index contributed by atoms with van der Waals surface area (Å²) in [4.78, 5) is 34.6. The molecule has 0 spiro atoms. The standard InChI is InChI=1S/C18H20N4O.C2HF3O2/c1-13-11-19-18(20-12-13)21-10-9-16-15(21)7-8-17(23)22(16)14-5-3-2-4-6-14;3-2(4,5)1(6)7/h2-6,11-12,15-16H,7-10H2,1H3;(H,6,7)/t15-,16-;/m0./s1. The molecule has 2 aliphatic rings. The van der Waals surface area contributed by atoms with Crippen LogP contribution in [-0.4, -0.2) is 51.8 Å². The SMILES string of the molecule is Cc1cnc(N2CC[C@H]3[C@@H]2CCC(=O)N3c2ccccc2)nc1.O=C(O)C(F)(F)F. The van der Waals surface area contributed by atoms with Gasteiger partial charge in [0.1, 0.15) is 0 Å². The van der Waals surface area contributed by atoms with Crippen molar-refractivity contribution in [1.82, 2.24) is 9.97 Å². The minimum absolute atomic E-state index is 0.212. The van der Waals surface area contributed by atoms with Crippen LogP contribution in [0.15, 0.2) is 42.7 Å². The Hall–Kier alpha value is -3.17. The van der Waals surface area contributed by atoms with Crippen LogP contribution in [0.5, 0.6) is 0 Å². The Morgan fingerprint density at radius 3 is 2.27 bits per heavy atom. The molecule has 160 valence electrons. The molecule has 0 unspecified atom stereocenters. The molecule has 7 nitrogen and oxygen atoms in total. The average molecular weight is 422 g/mol. The van der Waals surface area contributed by atoms with Crippen molar-refractivity contribution in [3.8, 4) is 0 Å². The molecular formula is C20H21F3N4O3. The number of benzene rings is 1. The number of aromatic nitrogens is 2. The second kappa shape index (κ2) is 8.68. The zero-order valence-corrected chi connectivity index (χ0v) is 16.2. The van der Waals surface area contributed by atoms with E-state index in [4.69, 9.17) is 9.90 Å². The number of carbonyl (C=O) groups excluding carboxylic acids is 1. The van der Waals surface area contributed by atoms with Gasteiger partial charge >= 0.3 is 12.1 Å². The zero-order chi connectivity index (χ0) is 21.9. The maximum atomic E-state index is 12.5. The first-order valence-electron chi connectivity index (χ1n) is 9.41. The summed E-state index contributed by atoms with van der Waals surface area (Å²) in [6, 6.07) is 10.5. The van der Waals surface area contributed by atoms with Crippen molar-refractivity contribution >= 4 is 23.5 Å². The minimum atomic E-state index is -5.08. The monoisotopic (exact) mass is 422 g/mol. The van der Waals surface area contributed by atoms with Crippen molar-refractivity contribution in [3.05, 3.63) is 48.3 Å². The molecule has 1 N–H and O–H groups in total. The number of alkyl halides is 3. The fraction of sp³-hybridized carbons (Fsp3) is 0.400. The number of carboxylic acids is 1. The number of carboxylic acid groups (broad SMARTS) is 1. The second-order valence-electron chi connectivity index (χ2n) is 7.12. The Balaban J connectivity index is 0.000000318. The van der Waals surface area contributed by atoms with Gasteiger partial charge in [-0.2, -0.15) is 13.2 Å². The van der Waals surface area contributed by atoms with Crippen molar-refractivity contribution in [2.75, 3.05) is 16.3 Å². The predicted molar refractivity (Wildman–Crippen MR) is 103 cm³/mol. The Morgan fingerprint density at radius 1 is 1.10 bits per heavy atom. The fourth-order valence-corrected chi connectivity index (χ4v) is 3.77. The molecule has 2 saturated heterocycles. The van der Waals surface area contributed by atoms with E-state index >= 15 is 0 Å². The van der Waals surface area contributed by atoms with Crippen LogP contribution >= 0.6 is 0 Å². The van der Waals surface area contributed by atoms with Gasteiger partial charge in [-0.25, -0.2) is 14.8 Å². The molecule has 0 bridgehead atoms. The lowest BCUT2D eigenvalue weighted by Crippen LogP contribution is -2.52. The number of rotatable bonds is 2. The van der Waals surface area contributed by atoms with Crippen molar-refractivity contribution in [2.45, 2.75) is 44.4 Å². The highest BCUT2D eigenvalue weighted by Crippen LogP contribution is 2.36. The van der Waals surface area contributed by atoms with Crippen molar-refractivity contribution in [1.29, 1.82) is 0 Å². The van der Waals surface area contributed by atoms with E-state index in [2.05, 4.69) is 14.9 Å². The highest BCUT2D eigenvalue weighted by Gasteiger charge is 2.44. The van der Waals surface area contributed by atoms with E-state index in [0.717, 1.165) is 36.6 Å². The Kier molecular flexibility index (Phi) is 6.23. The third-order valence-corrected chi connectivity index (χ3v) is 5.07. The van der Waals surface area contributed by atoms with Gasteiger partial charge < -0.3 is 14.9 Å². The molecule has 1 amide bonds. The van der Waals surface area contributed by atoms with Gasteiger partial charge in [0, 0.05) is 31.0 Å². The molecule has 2 aliphatic heterocycles. The van der Waals surface area contributed by atoms with Crippen LogP contribution in [0.2, 0.25) is 0 Å². The number of hydrogen-bond donors (Lipinski definition) is 1. The van der Waals surface area contributed by atoms with Crippen LogP contribution in [0.1, 0.15) is 24.8 Å². The molecule has 4 rings (SSSR count). The van der Waals surface area contributed by atoms with Gasteiger partial charge in [-0.05, 0) is 37.5 Å². The van der Waals surface area contributed by atoms with Crippen LogP contribution in [0, 0.1) is 6.92 Å². The van der Waals surface area contributed by atoms with Crippen LogP contribution in [0.3, 0.4) is 0 Å². The maximum Gasteiger partial charge on any atom is 0.490 e.